The molecule has 0 aromatic heterocycles. The van der Waals surface area contributed by atoms with Gasteiger partial charge < -0.3 is 14.4 Å². The van der Waals surface area contributed by atoms with Gasteiger partial charge in [-0.2, -0.15) is 0 Å². The van der Waals surface area contributed by atoms with E-state index < -0.39 is 10.0 Å². The molecular formula is C20H27ClN2O5S. The lowest BCUT2D eigenvalue weighted by atomic mass is 9.82. The maximum Gasteiger partial charge on any atom is 0.260 e. The van der Waals surface area contributed by atoms with E-state index in [0.717, 1.165) is 37.5 Å². The molecule has 0 spiro atoms. The molecule has 1 aromatic rings. The van der Waals surface area contributed by atoms with E-state index in [9.17, 15) is 13.2 Å². The van der Waals surface area contributed by atoms with Crippen LogP contribution in [-0.2, 0) is 19.6 Å². The smallest absolute Gasteiger partial charge is 0.260 e. The highest BCUT2D eigenvalue weighted by atomic mass is 35.5. The zero-order chi connectivity index (χ0) is 20.6. The summed E-state index contributed by atoms with van der Waals surface area (Å²) in [5, 5.41) is 0.672. The molecular weight excluding hydrogens is 416 g/mol. The Labute approximate surface area is 176 Å². The number of fused-ring (bicyclic) bond motifs is 5. The Kier molecular flexibility index (Phi) is 6.06. The van der Waals surface area contributed by atoms with E-state index in [1.165, 1.54) is 0 Å². The number of hydrogen-bond donors (Lipinski definition) is 1. The average molecular weight is 443 g/mol. The summed E-state index contributed by atoms with van der Waals surface area (Å²) >= 11 is 6.49. The Hall–Kier alpha value is -1.35. The van der Waals surface area contributed by atoms with Crippen molar-refractivity contribution < 1.29 is 22.7 Å². The highest BCUT2D eigenvalue weighted by Gasteiger charge is 2.40. The number of benzene rings is 1. The molecule has 2 atom stereocenters. The summed E-state index contributed by atoms with van der Waals surface area (Å²) in [6, 6.07) is 4.88. The number of nitrogens with zero attached hydrogens (tertiary/aromatic N) is 1. The molecule has 4 aliphatic rings. The predicted octanol–water partition coefficient (Wildman–Crippen LogP) is 2.29. The van der Waals surface area contributed by atoms with E-state index in [2.05, 4.69) is 4.72 Å². The summed E-state index contributed by atoms with van der Waals surface area (Å²) in [5.41, 5.74) is 0.981. The molecule has 9 heteroatoms. The third kappa shape index (κ3) is 4.71. The normalized spacial score (nSPS) is 30.6. The van der Waals surface area contributed by atoms with Crippen LogP contribution >= 0.6 is 11.6 Å². The fourth-order valence-electron chi connectivity index (χ4n) is 4.80. The van der Waals surface area contributed by atoms with Crippen LogP contribution in [-0.4, -0.2) is 63.4 Å². The summed E-state index contributed by atoms with van der Waals surface area (Å²) in [6.07, 6.45) is 5.50. The van der Waals surface area contributed by atoms with Gasteiger partial charge in [0.1, 0.15) is 5.75 Å². The maximum atomic E-state index is 12.9. The van der Waals surface area contributed by atoms with Crippen LogP contribution in [0, 0.1) is 0 Å². The molecule has 2 fully saturated rings. The third-order valence-electron chi connectivity index (χ3n) is 6.18. The van der Waals surface area contributed by atoms with Crippen LogP contribution in [0.3, 0.4) is 0 Å². The van der Waals surface area contributed by atoms with Crippen LogP contribution in [0.25, 0.3) is 0 Å². The van der Waals surface area contributed by atoms with Crippen LogP contribution in [0.1, 0.15) is 43.6 Å². The highest BCUT2D eigenvalue weighted by Crippen LogP contribution is 2.42. The Morgan fingerprint density at radius 3 is 2.66 bits per heavy atom. The van der Waals surface area contributed by atoms with Gasteiger partial charge in [0.05, 0.1) is 25.0 Å². The van der Waals surface area contributed by atoms with Crippen molar-refractivity contribution >= 4 is 27.5 Å². The summed E-state index contributed by atoms with van der Waals surface area (Å²) < 4.78 is 38.3. The third-order valence-corrected chi connectivity index (χ3v) is 7.24. The molecule has 5 rings (SSSR count). The van der Waals surface area contributed by atoms with Gasteiger partial charge in [-0.1, -0.05) is 17.7 Å². The van der Waals surface area contributed by atoms with Gasteiger partial charge in [-0.05, 0) is 50.2 Å². The van der Waals surface area contributed by atoms with Gasteiger partial charge in [0, 0.05) is 23.2 Å². The zero-order valence-corrected chi connectivity index (χ0v) is 18.0. The molecule has 0 radical (unpaired) electrons. The van der Waals surface area contributed by atoms with Gasteiger partial charge in [0.25, 0.3) is 5.91 Å². The number of rotatable bonds is 2. The molecule has 1 saturated carbocycles. The predicted molar refractivity (Wildman–Crippen MR) is 110 cm³/mol. The van der Waals surface area contributed by atoms with Crippen molar-refractivity contribution in [2.75, 3.05) is 26.0 Å². The minimum atomic E-state index is -3.38. The molecule has 1 N–H and O–H groups in total. The Morgan fingerprint density at radius 2 is 1.93 bits per heavy atom. The van der Waals surface area contributed by atoms with Gasteiger partial charge in [-0.25, -0.2) is 13.1 Å². The minimum absolute atomic E-state index is 0.106. The van der Waals surface area contributed by atoms with Crippen molar-refractivity contribution in [3.63, 3.8) is 0 Å². The zero-order valence-electron chi connectivity index (χ0n) is 16.5. The number of carbonyl (C=O) groups is 1. The van der Waals surface area contributed by atoms with Gasteiger partial charge >= 0.3 is 0 Å². The first-order chi connectivity index (χ1) is 13.8. The van der Waals surface area contributed by atoms with Crippen molar-refractivity contribution in [1.82, 2.24) is 9.62 Å². The first-order valence-corrected chi connectivity index (χ1v) is 12.4. The Balaban J connectivity index is 1.61. The lowest BCUT2D eigenvalue weighted by Crippen LogP contribution is -2.50. The minimum Gasteiger partial charge on any atom is -0.483 e. The number of amides is 1. The lowest BCUT2D eigenvalue weighted by Gasteiger charge is -2.32. The molecule has 29 heavy (non-hydrogen) atoms. The van der Waals surface area contributed by atoms with Crippen molar-refractivity contribution in [2.24, 2.45) is 0 Å². The number of nitrogens with one attached hydrogen (secondary N) is 1. The van der Waals surface area contributed by atoms with Crippen LogP contribution in [0.15, 0.2) is 18.2 Å². The number of carbonyl (C=O) groups excluding carboxylic acids is 1. The largest absolute Gasteiger partial charge is 0.483 e. The standard InChI is InChI=1S/C20H27ClN2O5S/c1-29(25,26)22-16-9-10-23-17(16)11-27-14-7-5-13(6-8-14)20-15(21)3-2-4-18(20)28-12-19(23)24/h2-4,13-14,16-17,22H,5-12H2,1H3/t13-,14+,16-,17?/m0/s1. The molecule has 2 bridgehead atoms. The lowest BCUT2D eigenvalue weighted by molar-refractivity contribution is -0.136. The quantitative estimate of drug-likeness (QED) is 0.759. The van der Waals surface area contributed by atoms with Crippen LogP contribution < -0.4 is 9.46 Å². The van der Waals surface area contributed by atoms with E-state index in [4.69, 9.17) is 21.1 Å². The van der Waals surface area contributed by atoms with Gasteiger partial charge in [0.15, 0.2) is 6.61 Å². The van der Waals surface area contributed by atoms with Crippen LogP contribution in [0.5, 0.6) is 5.75 Å². The first kappa shape index (κ1) is 20.9. The molecule has 1 unspecified atom stereocenters. The Bertz CT molecular complexity index is 870. The fraction of sp³-hybridized carbons (Fsp3) is 0.650. The van der Waals surface area contributed by atoms with Crippen molar-refractivity contribution in [3.8, 4) is 5.75 Å². The second kappa shape index (κ2) is 8.41. The molecule has 1 aliphatic carbocycles. The van der Waals surface area contributed by atoms with E-state index >= 15 is 0 Å². The summed E-state index contributed by atoms with van der Waals surface area (Å²) in [6.45, 7) is 0.687. The average Bonchev–Trinajstić information content (AvgIpc) is 3.05. The van der Waals surface area contributed by atoms with Crippen LogP contribution in [0.4, 0.5) is 0 Å². The summed E-state index contributed by atoms with van der Waals surface area (Å²) in [4.78, 5) is 14.6. The topological polar surface area (TPSA) is 84.9 Å². The van der Waals surface area contributed by atoms with E-state index in [0.29, 0.717) is 30.3 Å². The van der Waals surface area contributed by atoms with Crippen molar-refractivity contribution in [1.29, 1.82) is 0 Å². The number of sulfonamides is 1. The second-order valence-electron chi connectivity index (χ2n) is 8.19. The second-order valence-corrected chi connectivity index (χ2v) is 10.4. The monoisotopic (exact) mass is 442 g/mol. The molecule has 1 saturated heterocycles. The fourth-order valence-corrected chi connectivity index (χ4v) is 5.94. The molecule has 160 valence electrons. The Morgan fingerprint density at radius 1 is 1.17 bits per heavy atom. The molecule has 7 nitrogen and oxygen atoms in total. The highest BCUT2D eigenvalue weighted by molar-refractivity contribution is 7.88. The number of ether oxygens (including phenoxy) is 2. The van der Waals surface area contributed by atoms with Gasteiger partial charge in [-0.3, -0.25) is 4.79 Å². The van der Waals surface area contributed by atoms with E-state index in [-0.39, 0.29) is 36.6 Å². The molecule has 3 aliphatic heterocycles. The van der Waals surface area contributed by atoms with Crippen molar-refractivity contribution in [2.45, 2.75) is 56.2 Å². The first-order valence-electron chi connectivity index (χ1n) is 10.1. The SMILES string of the molecule is CS(=O)(=O)N[C@H]1CCN2C(=O)COc3cccc(Cl)c3[C@H]3CC[C@H](CC3)OCC12. The molecule has 3 heterocycles. The summed E-state index contributed by atoms with van der Waals surface area (Å²) in [7, 11) is -3.38. The van der Waals surface area contributed by atoms with E-state index in [1.54, 1.807) is 4.90 Å². The van der Waals surface area contributed by atoms with Crippen molar-refractivity contribution in [3.05, 3.63) is 28.8 Å². The van der Waals surface area contributed by atoms with Gasteiger partial charge in [-0.15, -0.1) is 0 Å². The number of hydrogen-bond acceptors (Lipinski definition) is 5. The summed E-state index contributed by atoms with van der Waals surface area (Å²) in [5.74, 6) is 0.777. The van der Waals surface area contributed by atoms with Crippen LogP contribution in [0.2, 0.25) is 5.02 Å². The maximum absolute atomic E-state index is 12.9. The van der Waals surface area contributed by atoms with E-state index in [1.807, 2.05) is 18.2 Å². The molecule has 1 amide bonds. The molecule has 1 aromatic carbocycles. The van der Waals surface area contributed by atoms with Gasteiger partial charge in [0.2, 0.25) is 10.0 Å². The number of halogens is 1.